The average molecular weight is 317 g/mol. The van der Waals surface area contributed by atoms with E-state index in [4.69, 9.17) is 15.6 Å². The summed E-state index contributed by atoms with van der Waals surface area (Å²) in [4.78, 5) is 14.6. The molecule has 0 bridgehead atoms. The molecule has 0 fully saturated rings. The van der Waals surface area contributed by atoms with Gasteiger partial charge in [0.1, 0.15) is 17.5 Å². The molecular weight excluding hydrogens is 303 g/mol. The molecule has 7 heteroatoms. The van der Waals surface area contributed by atoms with Gasteiger partial charge in [0.05, 0.1) is 6.20 Å². The van der Waals surface area contributed by atoms with Crippen molar-refractivity contribution in [2.75, 3.05) is 0 Å². The Morgan fingerprint density at radius 1 is 1.15 bits per heavy atom. The second-order valence-electron chi connectivity index (χ2n) is 3.68. The van der Waals surface area contributed by atoms with Gasteiger partial charge in [-0.05, 0) is 29.8 Å². The van der Waals surface area contributed by atoms with Crippen LogP contribution in [0.4, 0.5) is 0 Å². The molecule has 1 atom stereocenters. The predicted octanol–water partition coefficient (Wildman–Crippen LogP) is 2.80. The molecule has 3 N–H and O–H groups in total. The molecule has 108 valence electrons. The van der Waals surface area contributed by atoms with Crippen LogP contribution in [0, 0.1) is 0 Å². The molecule has 0 radical (unpaired) electrons. The fraction of sp³-hybridized carbons (Fsp3) is 0.0769. The van der Waals surface area contributed by atoms with Crippen LogP contribution in [0.5, 0.6) is 11.5 Å². The lowest BCUT2D eigenvalue weighted by atomic mass is 10.1. The normalized spacial score (nSPS) is 10.7. The molecule has 20 heavy (non-hydrogen) atoms. The summed E-state index contributed by atoms with van der Waals surface area (Å²) in [6.45, 7) is 0. The van der Waals surface area contributed by atoms with E-state index in [0.29, 0.717) is 17.1 Å². The molecule has 0 aliphatic heterocycles. The summed E-state index contributed by atoms with van der Waals surface area (Å²) < 4.78 is 5.52. The van der Waals surface area contributed by atoms with Crippen LogP contribution in [0.1, 0.15) is 11.6 Å². The molecular formula is C13H14Cl2N2O3. The third kappa shape index (κ3) is 4.70. The van der Waals surface area contributed by atoms with E-state index in [1.807, 2.05) is 0 Å². The van der Waals surface area contributed by atoms with Crippen molar-refractivity contribution >= 4 is 30.8 Å². The number of ether oxygens (including phenoxy) is 1. The fourth-order valence-corrected chi connectivity index (χ4v) is 1.43. The zero-order valence-corrected chi connectivity index (χ0v) is 11.9. The molecule has 1 aromatic heterocycles. The first kappa shape index (κ1) is 18.2. The summed E-state index contributed by atoms with van der Waals surface area (Å²) in [5.41, 5.74) is 6.02. The van der Waals surface area contributed by atoms with Gasteiger partial charge < -0.3 is 15.6 Å². The Morgan fingerprint density at radius 2 is 1.80 bits per heavy atom. The number of rotatable bonds is 4. The van der Waals surface area contributed by atoms with E-state index < -0.39 is 12.0 Å². The Hall–Kier alpha value is -1.82. The highest BCUT2D eigenvalue weighted by Crippen LogP contribution is 2.22. The summed E-state index contributed by atoms with van der Waals surface area (Å²) in [5, 5.41) is 8.78. The summed E-state index contributed by atoms with van der Waals surface area (Å²) in [7, 11) is 0. The van der Waals surface area contributed by atoms with Gasteiger partial charge in [-0.1, -0.05) is 12.1 Å². The summed E-state index contributed by atoms with van der Waals surface area (Å²) in [6.07, 6.45) is 3.25. The first-order chi connectivity index (χ1) is 8.66. The lowest BCUT2D eigenvalue weighted by Crippen LogP contribution is -2.20. The number of nitrogens with zero attached hydrogens (tertiary/aromatic N) is 1. The first-order valence-electron chi connectivity index (χ1n) is 5.33. The number of hydrogen-bond acceptors (Lipinski definition) is 4. The van der Waals surface area contributed by atoms with Gasteiger partial charge in [0.2, 0.25) is 0 Å². The van der Waals surface area contributed by atoms with Gasteiger partial charge in [-0.25, -0.2) is 0 Å². The van der Waals surface area contributed by atoms with Gasteiger partial charge in [-0.2, -0.15) is 0 Å². The van der Waals surface area contributed by atoms with Gasteiger partial charge >= 0.3 is 5.97 Å². The number of aliphatic carboxylic acids is 1. The van der Waals surface area contributed by atoms with Gasteiger partial charge in [0.25, 0.3) is 0 Å². The van der Waals surface area contributed by atoms with Gasteiger partial charge in [0, 0.05) is 6.20 Å². The van der Waals surface area contributed by atoms with Crippen LogP contribution in [0.3, 0.4) is 0 Å². The van der Waals surface area contributed by atoms with E-state index in [2.05, 4.69) is 4.98 Å². The Balaban J connectivity index is 0.00000180. The maximum Gasteiger partial charge on any atom is 0.325 e. The molecule has 1 heterocycles. The first-order valence-corrected chi connectivity index (χ1v) is 5.33. The molecule has 2 rings (SSSR count). The van der Waals surface area contributed by atoms with Crippen LogP contribution < -0.4 is 10.5 Å². The number of halogens is 2. The molecule has 0 spiro atoms. The number of nitrogens with two attached hydrogens (primary N) is 1. The molecule has 1 unspecified atom stereocenters. The molecule has 0 amide bonds. The summed E-state index contributed by atoms with van der Waals surface area (Å²) in [5.74, 6) is 0.160. The number of aromatic nitrogens is 1. The topological polar surface area (TPSA) is 85.4 Å². The zero-order valence-electron chi connectivity index (χ0n) is 10.3. The highest BCUT2D eigenvalue weighted by Gasteiger charge is 2.13. The van der Waals surface area contributed by atoms with Crippen molar-refractivity contribution in [2.24, 2.45) is 5.73 Å². The van der Waals surface area contributed by atoms with Crippen LogP contribution in [0.25, 0.3) is 0 Å². The Kier molecular flexibility index (Phi) is 7.61. The van der Waals surface area contributed by atoms with Crippen LogP contribution in [-0.2, 0) is 4.79 Å². The molecule has 0 saturated heterocycles. The highest BCUT2D eigenvalue weighted by atomic mass is 35.5. The second-order valence-corrected chi connectivity index (χ2v) is 3.68. The van der Waals surface area contributed by atoms with E-state index >= 15 is 0 Å². The maximum absolute atomic E-state index is 10.7. The fourth-order valence-electron chi connectivity index (χ4n) is 1.43. The number of benzene rings is 1. The molecule has 5 nitrogen and oxygen atoms in total. The maximum atomic E-state index is 10.7. The standard InChI is InChI=1S/C13H12N2O3.2ClH/c14-12(13(16)17)9-3-5-10(6-4-9)18-11-2-1-7-15-8-11;;/h1-8,12H,14H2,(H,16,17);2*1H. The largest absolute Gasteiger partial charge is 0.480 e. The Labute approximate surface area is 128 Å². The molecule has 0 aliphatic rings. The Morgan fingerprint density at radius 3 is 2.30 bits per heavy atom. The number of carbonyl (C=O) groups is 1. The third-order valence-electron chi connectivity index (χ3n) is 2.38. The lowest BCUT2D eigenvalue weighted by molar-refractivity contribution is -0.138. The van der Waals surface area contributed by atoms with Crippen LogP contribution in [0.15, 0.2) is 48.8 Å². The quantitative estimate of drug-likeness (QED) is 0.905. The zero-order chi connectivity index (χ0) is 13.0. The summed E-state index contributed by atoms with van der Waals surface area (Å²) in [6, 6.07) is 9.14. The Bertz CT molecular complexity index is 535. The van der Waals surface area contributed by atoms with Crippen molar-refractivity contribution in [3.8, 4) is 11.5 Å². The molecule has 0 aliphatic carbocycles. The SMILES string of the molecule is Cl.Cl.NC(C(=O)O)c1ccc(Oc2cccnc2)cc1. The lowest BCUT2D eigenvalue weighted by Gasteiger charge is -2.08. The number of pyridine rings is 1. The molecule has 2 aromatic rings. The van der Waals surface area contributed by atoms with Gasteiger partial charge in [-0.3, -0.25) is 9.78 Å². The smallest absolute Gasteiger partial charge is 0.325 e. The van der Waals surface area contributed by atoms with E-state index in [1.165, 1.54) is 0 Å². The van der Waals surface area contributed by atoms with E-state index in [0.717, 1.165) is 0 Å². The predicted molar refractivity (Wildman–Crippen MR) is 79.8 cm³/mol. The summed E-state index contributed by atoms with van der Waals surface area (Å²) >= 11 is 0. The van der Waals surface area contributed by atoms with Crippen molar-refractivity contribution in [2.45, 2.75) is 6.04 Å². The minimum absolute atomic E-state index is 0. The number of hydrogen-bond donors (Lipinski definition) is 2. The minimum atomic E-state index is -1.06. The van der Waals surface area contributed by atoms with Crippen molar-refractivity contribution in [1.29, 1.82) is 0 Å². The van der Waals surface area contributed by atoms with Gasteiger partial charge in [0.15, 0.2) is 0 Å². The van der Waals surface area contributed by atoms with Gasteiger partial charge in [-0.15, -0.1) is 24.8 Å². The van der Waals surface area contributed by atoms with E-state index in [-0.39, 0.29) is 24.8 Å². The number of carboxylic acids is 1. The van der Waals surface area contributed by atoms with E-state index in [1.54, 1.807) is 48.8 Å². The van der Waals surface area contributed by atoms with Crippen LogP contribution in [-0.4, -0.2) is 16.1 Å². The van der Waals surface area contributed by atoms with Crippen molar-refractivity contribution < 1.29 is 14.6 Å². The highest BCUT2D eigenvalue weighted by molar-refractivity contribution is 5.85. The van der Waals surface area contributed by atoms with Crippen LogP contribution in [0.2, 0.25) is 0 Å². The monoisotopic (exact) mass is 316 g/mol. The van der Waals surface area contributed by atoms with Crippen molar-refractivity contribution in [1.82, 2.24) is 4.98 Å². The molecule has 0 saturated carbocycles. The van der Waals surface area contributed by atoms with E-state index in [9.17, 15) is 4.79 Å². The minimum Gasteiger partial charge on any atom is -0.480 e. The van der Waals surface area contributed by atoms with Crippen molar-refractivity contribution in [3.63, 3.8) is 0 Å². The molecule has 1 aromatic carbocycles. The third-order valence-corrected chi connectivity index (χ3v) is 2.38. The average Bonchev–Trinajstić information content (AvgIpc) is 2.40. The number of carboxylic acid groups (broad SMARTS) is 1. The van der Waals surface area contributed by atoms with Crippen molar-refractivity contribution in [3.05, 3.63) is 54.4 Å². The van der Waals surface area contributed by atoms with Crippen LogP contribution >= 0.6 is 24.8 Å². The second kappa shape index (κ2) is 8.37.